The van der Waals surface area contributed by atoms with E-state index in [9.17, 15) is 4.79 Å². The highest BCUT2D eigenvalue weighted by molar-refractivity contribution is 5.90. The zero-order valence-electron chi connectivity index (χ0n) is 15.3. The Morgan fingerprint density at radius 1 is 1.21 bits per heavy atom. The summed E-state index contributed by atoms with van der Waals surface area (Å²) in [7, 11) is 1.73. The number of Topliss-reactive ketones (excluding diaryl/α,β-unsaturated/α-hetero) is 1. The second-order valence-corrected chi connectivity index (χ2v) is 8.63. The van der Waals surface area contributed by atoms with Crippen LogP contribution in [-0.2, 0) is 11.2 Å². The molecule has 0 unspecified atom stereocenters. The SMILES string of the molecule is COc1ccc2c(c1)C1=C3CCCC(C)(C)[C@@H]3CC(=O)[C@H](C)[C@@H]1C2. The molecule has 1 aromatic carbocycles. The van der Waals surface area contributed by atoms with Crippen molar-refractivity contribution in [3.63, 3.8) is 0 Å². The summed E-state index contributed by atoms with van der Waals surface area (Å²) in [6, 6.07) is 6.47. The molecule has 0 spiro atoms. The molecule has 0 amide bonds. The molecule has 128 valence electrons. The first-order valence-corrected chi connectivity index (χ1v) is 9.35. The lowest BCUT2D eigenvalue weighted by atomic mass is 9.64. The van der Waals surface area contributed by atoms with Gasteiger partial charge in [0, 0.05) is 12.3 Å². The smallest absolute Gasteiger partial charge is 0.136 e. The van der Waals surface area contributed by atoms with E-state index < -0.39 is 0 Å². The maximum Gasteiger partial charge on any atom is 0.136 e. The molecule has 0 N–H and O–H groups in total. The van der Waals surface area contributed by atoms with Gasteiger partial charge in [-0.05, 0) is 71.8 Å². The van der Waals surface area contributed by atoms with Gasteiger partial charge in [-0.2, -0.15) is 0 Å². The quantitative estimate of drug-likeness (QED) is 0.722. The fourth-order valence-electron chi connectivity index (χ4n) is 5.38. The van der Waals surface area contributed by atoms with Gasteiger partial charge in [-0.25, -0.2) is 0 Å². The maximum atomic E-state index is 12.9. The van der Waals surface area contributed by atoms with E-state index in [2.05, 4.69) is 39.0 Å². The maximum absolute atomic E-state index is 12.9. The van der Waals surface area contributed by atoms with Crippen LogP contribution in [-0.4, -0.2) is 12.9 Å². The molecule has 2 nitrogen and oxygen atoms in total. The highest BCUT2D eigenvalue weighted by Gasteiger charge is 2.46. The number of allylic oxidation sites excluding steroid dienone is 2. The summed E-state index contributed by atoms with van der Waals surface area (Å²) in [5.74, 6) is 2.31. The number of ether oxygens (including phenoxy) is 1. The number of carbonyl (C=O) groups is 1. The first-order valence-electron chi connectivity index (χ1n) is 9.35. The van der Waals surface area contributed by atoms with E-state index in [4.69, 9.17) is 4.74 Å². The molecule has 1 aromatic rings. The number of rotatable bonds is 1. The van der Waals surface area contributed by atoms with Gasteiger partial charge in [0.15, 0.2) is 0 Å². The molecule has 0 aliphatic heterocycles. The Kier molecular flexibility index (Phi) is 3.63. The van der Waals surface area contributed by atoms with Crippen LogP contribution >= 0.6 is 0 Å². The minimum absolute atomic E-state index is 0.132. The van der Waals surface area contributed by atoms with Gasteiger partial charge in [-0.3, -0.25) is 4.79 Å². The summed E-state index contributed by atoms with van der Waals surface area (Å²) < 4.78 is 5.49. The Balaban J connectivity index is 1.94. The number of ketones is 1. The average molecular weight is 324 g/mol. The molecule has 0 saturated heterocycles. The Bertz CT molecular complexity index is 725. The Labute approximate surface area is 145 Å². The summed E-state index contributed by atoms with van der Waals surface area (Å²) in [4.78, 5) is 12.9. The monoisotopic (exact) mass is 324 g/mol. The number of benzene rings is 1. The van der Waals surface area contributed by atoms with Crippen molar-refractivity contribution in [2.75, 3.05) is 7.11 Å². The predicted molar refractivity (Wildman–Crippen MR) is 97.0 cm³/mol. The van der Waals surface area contributed by atoms with E-state index in [-0.39, 0.29) is 11.3 Å². The van der Waals surface area contributed by atoms with Gasteiger partial charge in [-0.15, -0.1) is 0 Å². The Morgan fingerprint density at radius 3 is 2.75 bits per heavy atom. The molecule has 3 atom stereocenters. The largest absolute Gasteiger partial charge is 0.497 e. The van der Waals surface area contributed by atoms with Crippen LogP contribution in [0.4, 0.5) is 0 Å². The molecule has 1 saturated carbocycles. The lowest BCUT2D eigenvalue weighted by Gasteiger charge is -2.41. The van der Waals surface area contributed by atoms with E-state index in [1.807, 2.05) is 0 Å². The third-order valence-electron chi connectivity index (χ3n) is 6.91. The average Bonchev–Trinajstić information content (AvgIpc) is 2.89. The van der Waals surface area contributed by atoms with Crippen LogP contribution in [0.25, 0.3) is 5.57 Å². The van der Waals surface area contributed by atoms with E-state index >= 15 is 0 Å². The van der Waals surface area contributed by atoms with Gasteiger partial charge in [0.1, 0.15) is 11.5 Å². The Hall–Kier alpha value is -1.57. The molecular formula is C22H28O2. The predicted octanol–water partition coefficient (Wildman–Crippen LogP) is 5.06. The van der Waals surface area contributed by atoms with E-state index in [1.165, 1.54) is 29.5 Å². The van der Waals surface area contributed by atoms with Gasteiger partial charge in [0.05, 0.1) is 7.11 Å². The van der Waals surface area contributed by atoms with Crippen molar-refractivity contribution < 1.29 is 9.53 Å². The van der Waals surface area contributed by atoms with Gasteiger partial charge < -0.3 is 4.74 Å². The number of hydrogen-bond acceptors (Lipinski definition) is 2. The summed E-state index contributed by atoms with van der Waals surface area (Å²) >= 11 is 0. The standard InChI is InChI=1S/C22H28O2/c1-13-17-10-14-7-8-15(24-4)11-18(14)21(17)16-6-5-9-22(2,3)19(16)12-20(13)23/h7-8,11,13,17,19H,5-6,9-10,12H2,1-4H3/t13-,17+,19-/m1/s1. The normalized spacial score (nSPS) is 31.2. The van der Waals surface area contributed by atoms with Crippen molar-refractivity contribution >= 4 is 11.4 Å². The van der Waals surface area contributed by atoms with Crippen LogP contribution < -0.4 is 4.74 Å². The van der Waals surface area contributed by atoms with Crippen LogP contribution in [0.1, 0.15) is 57.6 Å². The van der Waals surface area contributed by atoms with Crippen molar-refractivity contribution in [3.05, 3.63) is 34.9 Å². The molecule has 3 aliphatic carbocycles. The lowest BCUT2D eigenvalue weighted by molar-refractivity contribution is -0.124. The summed E-state index contributed by atoms with van der Waals surface area (Å²) in [6.45, 7) is 6.87. The van der Waals surface area contributed by atoms with Crippen LogP contribution in [0, 0.1) is 23.2 Å². The van der Waals surface area contributed by atoms with Crippen molar-refractivity contribution in [2.45, 2.75) is 52.9 Å². The summed E-state index contributed by atoms with van der Waals surface area (Å²) in [5, 5.41) is 0. The highest BCUT2D eigenvalue weighted by atomic mass is 16.5. The number of fused-ring (bicyclic) bond motifs is 4. The molecule has 1 fully saturated rings. The lowest BCUT2D eigenvalue weighted by Crippen LogP contribution is -2.31. The second kappa shape index (κ2) is 5.47. The van der Waals surface area contributed by atoms with E-state index in [1.54, 1.807) is 12.7 Å². The van der Waals surface area contributed by atoms with Crippen LogP contribution in [0.15, 0.2) is 23.8 Å². The van der Waals surface area contributed by atoms with Crippen molar-refractivity contribution in [1.82, 2.24) is 0 Å². The van der Waals surface area contributed by atoms with Gasteiger partial charge >= 0.3 is 0 Å². The van der Waals surface area contributed by atoms with Crippen molar-refractivity contribution in [1.29, 1.82) is 0 Å². The molecule has 0 aromatic heterocycles. The number of carbonyl (C=O) groups excluding carboxylic acids is 1. The number of methoxy groups -OCH3 is 1. The topological polar surface area (TPSA) is 26.3 Å². The molecule has 0 bridgehead atoms. The van der Waals surface area contributed by atoms with Crippen LogP contribution in [0.2, 0.25) is 0 Å². The van der Waals surface area contributed by atoms with Crippen LogP contribution in [0.3, 0.4) is 0 Å². The van der Waals surface area contributed by atoms with Crippen LogP contribution in [0.5, 0.6) is 5.75 Å². The Morgan fingerprint density at radius 2 is 2.00 bits per heavy atom. The zero-order valence-corrected chi connectivity index (χ0v) is 15.3. The molecule has 2 heteroatoms. The third kappa shape index (κ3) is 2.26. The van der Waals surface area contributed by atoms with E-state index in [0.717, 1.165) is 25.0 Å². The summed E-state index contributed by atoms with van der Waals surface area (Å²) in [5.41, 5.74) is 6.07. The van der Waals surface area contributed by atoms with E-state index in [0.29, 0.717) is 17.6 Å². The molecular weight excluding hydrogens is 296 g/mol. The second-order valence-electron chi connectivity index (χ2n) is 8.63. The fourth-order valence-corrected chi connectivity index (χ4v) is 5.38. The molecule has 3 aliphatic rings. The third-order valence-corrected chi connectivity index (χ3v) is 6.91. The zero-order chi connectivity index (χ0) is 17.1. The first kappa shape index (κ1) is 15.9. The number of hydrogen-bond donors (Lipinski definition) is 0. The molecule has 24 heavy (non-hydrogen) atoms. The van der Waals surface area contributed by atoms with Gasteiger partial charge in [-0.1, -0.05) is 32.4 Å². The van der Waals surface area contributed by atoms with Gasteiger partial charge in [0.25, 0.3) is 0 Å². The molecule has 4 rings (SSSR count). The fraction of sp³-hybridized carbons (Fsp3) is 0.591. The first-order chi connectivity index (χ1) is 11.4. The van der Waals surface area contributed by atoms with Gasteiger partial charge in [0.2, 0.25) is 0 Å². The van der Waals surface area contributed by atoms with Crippen molar-refractivity contribution in [2.24, 2.45) is 23.2 Å². The minimum Gasteiger partial charge on any atom is -0.497 e. The summed E-state index contributed by atoms with van der Waals surface area (Å²) in [6.07, 6.45) is 5.39. The molecule has 0 radical (unpaired) electrons. The molecule has 0 heterocycles. The van der Waals surface area contributed by atoms with Crippen molar-refractivity contribution in [3.8, 4) is 5.75 Å². The highest BCUT2D eigenvalue weighted by Crippen LogP contribution is 2.55. The minimum atomic E-state index is 0.132.